The standard InChI is InChI=1S/C15H15ClN2O2/c1-3-13-11(9-18(2)17-13)15(20)8-14(19)10-6-4-5-7-12(10)16/h4-7,9H,3,8H2,1-2H3. The van der Waals surface area contributed by atoms with Gasteiger partial charge in [0, 0.05) is 18.8 Å². The molecule has 0 aliphatic rings. The van der Waals surface area contributed by atoms with Crippen molar-refractivity contribution in [1.82, 2.24) is 9.78 Å². The first-order valence-electron chi connectivity index (χ1n) is 6.36. The number of carbonyl (C=O) groups is 2. The van der Waals surface area contributed by atoms with Crippen LogP contribution in [0.25, 0.3) is 0 Å². The number of hydrogen-bond donors (Lipinski definition) is 0. The molecule has 20 heavy (non-hydrogen) atoms. The lowest BCUT2D eigenvalue weighted by Crippen LogP contribution is -2.10. The number of Topliss-reactive ketones (excluding diaryl/α,β-unsaturated/α-hetero) is 2. The average Bonchev–Trinajstić information content (AvgIpc) is 2.80. The molecule has 0 N–H and O–H groups in total. The Bertz CT molecular complexity index is 662. The smallest absolute Gasteiger partial charge is 0.174 e. The van der Waals surface area contributed by atoms with Gasteiger partial charge < -0.3 is 0 Å². The van der Waals surface area contributed by atoms with Gasteiger partial charge in [-0.15, -0.1) is 0 Å². The summed E-state index contributed by atoms with van der Waals surface area (Å²) in [6.45, 7) is 1.93. The molecule has 5 heteroatoms. The minimum Gasteiger partial charge on any atom is -0.294 e. The molecule has 0 unspecified atom stereocenters. The molecular weight excluding hydrogens is 276 g/mol. The van der Waals surface area contributed by atoms with Crippen LogP contribution < -0.4 is 0 Å². The molecule has 0 spiro atoms. The summed E-state index contributed by atoms with van der Waals surface area (Å²) in [7, 11) is 1.76. The average molecular weight is 291 g/mol. The topological polar surface area (TPSA) is 52.0 Å². The van der Waals surface area contributed by atoms with Crippen molar-refractivity contribution in [3.8, 4) is 0 Å². The summed E-state index contributed by atoms with van der Waals surface area (Å²) in [6, 6.07) is 6.74. The fraction of sp³-hybridized carbons (Fsp3) is 0.267. The molecule has 0 aliphatic heterocycles. The largest absolute Gasteiger partial charge is 0.294 e. The van der Waals surface area contributed by atoms with E-state index in [0.717, 1.165) is 0 Å². The summed E-state index contributed by atoms with van der Waals surface area (Å²) in [4.78, 5) is 24.3. The summed E-state index contributed by atoms with van der Waals surface area (Å²) in [6.07, 6.45) is 2.12. The van der Waals surface area contributed by atoms with Gasteiger partial charge in [-0.1, -0.05) is 30.7 Å². The normalized spacial score (nSPS) is 10.6. The first kappa shape index (κ1) is 14.5. The van der Waals surface area contributed by atoms with E-state index >= 15 is 0 Å². The molecule has 1 aromatic carbocycles. The highest BCUT2D eigenvalue weighted by Crippen LogP contribution is 2.18. The number of aryl methyl sites for hydroxylation is 2. The van der Waals surface area contributed by atoms with Crippen LogP contribution in [0, 0.1) is 0 Å². The summed E-state index contributed by atoms with van der Waals surface area (Å²) in [5.41, 5.74) is 1.60. The highest BCUT2D eigenvalue weighted by Gasteiger charge is 2.19. The molecule has 2 aromatic rings. The highest BCUT2D eigenvalue weighted by molar-refractivity contribution is 6.34. The van der Waals surface area contributed by atoms with E-state index in [2.05, 4.69) is 5.10 Å². The zero-order valence-corrected chi connectivity index (χ0v) is 12.1. The number of nitrogens with zero attached hydrogens (tertiary/aromatic N) is 2. The van der Waals surface area contributed by atoms with E-state index in [1.807, 2.05) is 6.92 Å². The van der Waals surface area contributed by atoms with Crippen molar-refractivity contribution >= 4 is 23.2 Å². The van der Waals surface area contributed by atoms with Gasteiger partial charge in [-0.05, 0) is 18.6 Å². The fourth-order valence-electron chi connectivity index (χ4n) is 2.05. The van der Waals surface area contributed by atoms with Gasteiger partial charge in [-0.25, -0.2) is 0 Å². The molecule has 0 saturated carbocycles. The number of ketones is 2. The summed E-state index contributed by atoms with van der Waals surface area (Å²) in [5.74, 6) is -0.494. The molecule has 104 valence electrons. The lowest BCUT2D eigenvalue weighted by atomic mass is 10.0. The van der Waals surface area contributed by atoms with Crippen LogP contribution in [-0.2, 0) is 13.5 Å². The molecule has 0 atom stereocenters. The van der Waals surface area contributed by atoms with Gasteiger partial charge in [0.2, 0.25) is 0 Å². The van der Waals surface area contributed by atoms with Crippen LogP contribution in [0.15, 0.2) is 30.5 Å². The Balaban J connectivity index is 2.20. The van der Waals surface area contributed by atoms with Crippen LogP contribution in [0.5, 0.6) is 0 Å². The number of rotatable bonds is 5. The van der Waals surface area contributed by atoms with Gasteiger partial charge >= 0.3 is 0 Å². The molecule has 0 amide bonds. The van der Waals surface area contributed by atoms with E-state index in [-0.39, 0.29) is 18.0 Å². The Morgan fingerprint density at radius 3 is 2.50 bits per heavy atom. The van der Waals surface area contributed by atoms with Crippen molar-refractivity contribution in [3.63, 3.8) is 0 Å². The van der Waals surface area contributed by atoms with Crippen LogP contribution in [0.1, 0.15) is 39.8 Å². The Labute approximate surface area is 122 Å². The maximum absolute atomic E-state index is 12.2. The van der Waals surface area contributed by atoms with Gasteiger partial charge in [-0.2, -0.15) is 5.10 Å². The van der Waals surface area contributed by atoms with E-state index in [9.17, 15) is 9.59 Å². The molecule has 2 rings (SSSR count). The monoisotopic (exact) mass is 290 g/mol. The summed E-state index contributed by atoms with van der Waals surface area (Å²) < 4.78 is 1.59. The third kappa shape index (κ3) is 2.96. The minimum absolute atomic E-state index is 0.192. The lowest BCUT2D eigenvalue weighted by Gasteiger charge is -2.02. The third-order valence-electron chi connectivity index (χ3n) is 3.04. The fourth-order valence-corrected chi connectivity index (χ4v) is 2.29. The zero-order valence-electron chi connectivity index (χ0n) is 11.4. The van der Waals surface area contributed by atoms with E-state index in [0.29, 0.717) is 28.3 Å². The molecule has 0 fully saturated rings. The highest BCUT2D eigenvalue weighted by atomic mass is 35.5. The van der Waals surface area contributed by atoms with Crippen molar-refractivity contribution < 1.29 is 9.59 Å². The number of aromatic nitrogens is 2. The van der Waals surface area contributed by atoms with Crippen LogP contribution in [0.2, 0.25) is 5.02 Å². The second kappa shape index (κ2) is 6.01. The van der Waals surface area contributed by atoms with Crippen LogP contribution >= 0.6 is 11.6 Å². The summed E-state index contributed by atoms with van der Waals surface area (Å²) >= 11 is 5.96. The van der Waals surface area contributed by atoms with Crippen molar-refractivity contribution in [2.24, 2.45) is 7.05 Å². The molecule has 0 bridgehead atoms. The van der Waals surface area contributed by atoms with Crippen LogP contribution in [-0.4, -0.2) is 21.3 Å². The predicted molar refractivity (Wildman–Crippen MR) is 77.3 cm³/mol. The second-order valence-electron chi connectivity index (χ2n) is 4.52. The third-order valence-corrected chi connectivity index (χ3v) is 3.37. The van der Waals surface area contributed by atoms with Crippen molar-refractivity contribution in [3.05, 3.63) is 52.3 Å². The molecular formula is C15H15ClN2O2. The molecule has 1 heterocycles. The van der Waals surface area contributed by atoms with Crippen molar-refractivity contribution in [2.45, 2.75) is 19.8 Å². The quantitative estimate of drug-likeness (QED) is 0.628. The summed E-state index contributed by atoms with van der Waals surface area (Å²) in [5, 5.41) is 4.57. The predicted octanol–water partition coefficient (Wildman–Crippen LogP) is 3.09. The van der Waals surface area contributed by atoms with E-state index < -0.39 is 0 Å². The Hall–Kier alpha value is -1.94. The van der Waals surface area contributed by atoms with E-state index in [1.54, 1.807) is 42.2 Å². The number of hydrogen-bond acceptors (Lipinski definition) is 3. The maximum Gasteiger partial charge on any atom is 0.174 e. The van der Waals surface area contributed by atoms with Crippen molar-refractivity contribution in [2.75, 3.05) is 0 Å². The van der Waals surface area contributed by atoms with Gasteiger partial charge in [0.25, 0.3) is 0 Å². The number of halogens is 1. The lowest BCUT2D eigenvalue weighted by molar-refractivity contribution is 0.0894. The Morgan fingerprint density at radius 1 is 1.20 bits per heavy atom. The first-order chi connectivity index (χ1) is 9.52. The first-order valence-corrected chi connectivity index (χ1v) is 6.74. The van der Waals surface area contributed by atoms with Gasteiger partial charge in [0.15, 0.2) is 11.6 Å². The Kier molecular flexibility index (Phi) is 4.35. The number of benzene rings is 1. The van der Waals surface area contributed by atoms with E-state index in [4.69, 9.17) is 11.6 Å². The molecule has 1 aromatic heterocycles. The van der Waals surface area contributed by atoms with E-state index in [1.165, 1.54) is 0 Å². The second-order valence-corrected chi connectivity index (χ2v) is 4.93. The van der Waals surface area contributed by atoms with Crippen LogP contribution in [0.3, 0.4) is 0 Å². The van der Waals surface area contributed by atoms with Gasteiger partial charge in [0.05, 0.1) is 22.7 Å². The zero-order chi connectivity index (χ0) is 14.7. The minimum atomic E-state index is -0.272. The number of carbonyl (C=O) groups excluding carboxylic acids is 2. The Morgan fingerprint density at radius 2 is 1.85 bits per heavy atom. The molecule has 0 aliphatic carbocycles. The van der Waals surface area contributed by atoms with Gasteiger partial charge in [-0.3, -0.25) is 14.3 Å². The van der Waals surface area contributed by atoms with Gasteiger partial charge in [0.1, 0.15) is 0 Å². The van der Waals surface area contributed by atoms with Crippen molar-refractivity contribution in [1.29, 1.82) is 0 Å². The molecule has 0 saturated heterocycles. The van der Waals surface area contributed by atoms with Crippen LogP contribution in [0.4, 0.5) is 0 Å². The molecule has 0 radical (unpaired) electrons. The maximum atomic E-state index is 12.2. The SMILES string of the molecule is CCc1nn(C)cc1C(=O)CC(=O)c1ccccc1Cl. The molecule has 4 nitrogen and oxygen atoms in total.